The van der Waals surface area contributed by atoms with Crippen molar-refractivity contribution in [3.63, 3.8) is 0 Å². The topological polar surface area (TPSA) is 63.6 Å². The molecule has 0 fully saturated rings. The zero-order valence-electron chi connectivity index (χ0n) is 15.9. The van der Waals surface area contributed by atoms with Gasteiger partial charge < -0.3 is 9.84 Å². The molecule has 2 atom stereocenters. The summed E-state index contributed by atoms with van der Waals surface area (Å²) < 4.78 is 5.48. The summed E-state index contributed by atoms with van der Waals surface area (Å²) in [6.45, 7) is 9.30. The second kappa shape index (κ2) is 9.40. The summed E-state index contributed by atoms with van der Waals surface area (Å²) in [5.74, 6) is -2.66. The Balaban J connectivity index is 2.98. The second-order valence-electron chi connectivity index (χ2n) is 7.76. The Kier molecular flexibility index (Phi) is 7.88. The van der Waals surface area contributed by atoms with Gasteiger partial charge in [-0.2, -0.15) is 0 Å². The van der Waals surface area contributed by atoms with E-state index in [1.165, 1.54) is 0 Å². The lowest BCUT2D eigenvalue weighted by Crippen LogP contribution is -2.36. The molecule has 1 aromatic rings. The van der Waals surface area contributed by atoms with Crippen LogP contribution >= 0.6 is 0 Å². The SMILES string of the molecule is CC(C)CC(C(=O)O)[C@@H](CC=Cc1ccccc1)C(=O)OC(C)(C)C. The number of allylic oxidation sites excluding steroid dienone is 1. The number of aliphatic carboxylic acids is 1. The minimum atomic E-state index is -0.947. The molecule has 1 rings (SSSR count). The largest absolute Gasteiger partial charge is 0.481 e. The number of carboxylic acid groups (broad SMARTS) is 1. The fourth-order valence-electron chi connectivity index (χ4n) is 2.66. The molecule has 4 nitrogen and oxygen atoms in total. The van der Waals surface area contributed by atoms with Gasteiger partial charge >= 0.3 is 11.9 Å². The van der Waals surface area contributed by atoms with Gasteiger partial charge in [0.1, 0.15) is 5.60 Å². The first-order chi connectivity index (χ1) is 11.6. The van der Waals surface area contributed by atoms with Gasteiger partial charge in [-0.3, -0.25) is 9.59 Å². The van der Waals surface area contributed by atoms with E-state index in [2.05, 4.69) is 0 Å². The van der Waals surface area contributed by atoms with Crippen LogP contribution in [-0.4, -0.2) is 22.6 Å². The molecule has 0 aromatic heterocycles. The Bertz CT molecular complexity index is 582. The molecular weight excluding hydrogens is 316 g/mol. The van der Waals surface area contributed by atoms with Gasteiger partial charge in [0.05, 0.1) is 11.8 Å². The second-order valence-corrected chi connectivity index (χ2v) is 7.76. The van der Waals surface area contributed by atoms with E-state index < -0.39 is 29.4 Å². The summed E-state index contributed by atoms with van der Waals surface area (Å²) >= 11 is 0. The van der Waals surface area contributed by atoms with E-state index in [9.17, 15) is 14.7 Å². The lowest BCUT2D eigenvalue weighted by atomic mass is 9.83. The van der Waals surface area contributed by atoms with E-state index >= 15 is 0 Å². The first-order valence-corrected chi connectivity index (χ1v) is 8.77. The fourth-order valence-corrected chi connectivity index (χ4v) is 2.66. The summed E-state index contributed by atoms with van der Waals surface area (Å²) in [5, 5.41) is 9.62. The van der Waals surface area contributed by atoms with Crippen molar-refractivity contribution in [1.82, 2.24) is 0 Å². The van der Waals surface area contributed by atoms with Crippen LogP contribution in [0.2, 0.25) is 0 Å². The third-order valence-electron chi connectivity index (χ3n) is 3.74. The maximum atomic E-state index is 12.6. The molecule has 0 amide bonds. The molecule has 1 unspecified atom stereocenters. The van der Waals surface area contributed by atoms with E-state index in [1.54, 1.807) is 20.8 Å². The molecule has 0 saturated heterocycles. The highest BCUT2D eigenvalue weighted by Gasteiger charge is 2.36. The molecule has 0 aliphatic carbocycles. The quantitative estimate of drug-likeness (QED) is 0.687. The highest BCUT2D eigenvalue weighted by molar-refractivity contribution is 5.81. The summed E-state index contributed by atoms with van der Waals surface area (Å²) in [6, 6.07) is 9.72. The van der Waals surface area contributed by atoms with Crippen LogP contribution in [0.25, 0.3) is 6.08 Å². The Labute approximate surface area is 150 Å². The lowest BCUT2D eigenvalue weighted by molar-refractivity contribution is -0.167. The van der Waals surface area contributed by atoms with Gasteiger partial charge in [0.15, 0.2) is 0 Å². The molecule has 0 heterocycles. The van der Waals surface area contributed by atoms with Crippen LogP contribution in [0.15, 0.2) is 36.4 Å². The van der Waals surface area contributed by atoms with Crippen LogP contribution in [0.5, 0.6) is 0 Å². The molecule has 0 aliphatic rings. The van der Waals surface area contributed by atoms with Crippen molar-refractivity contribution in [3.8, 4) is 0 Å². The molecule has 0 bridgehead atoms. The number of rotatable bonds is 8. The average Bonchev–Trinajstić information content (AvgIpc) is 2.48. The maximum Gasteiger partial charge on any atom is 0.310 e. The number of esters is 1. The van der Waals surface area contributed by atoms with Crippen molar-refractivity contribution in [2.24, 2.45) is 17.8 Å². The van der Waals surface area contributed by atoms with E-state index in [-0.39, 0.29) is 5.92 Å². The third kappa shape index (κ3) is 8.01. The van der Waals surface area contributed by atoms with Gasteiger partial charge in [-0.25, -0.2) is 0 Å². The molecule has 4 heteroatoms. The standard InChI is InChI=1S/C21H30O4/c1-15(2)14-18(19(22)23)17(20(24)25-21(3,4)5)13-9-12-16-10-7-6-8-11-16/h6-12,15,17-18H,13-14H2,1-5H3,(H,22,23)/t17-,18?/m1/s1. The van der Waals surface area contributed by atoms with Gasteiger partial charge in [0, 0.05) is 0 Å². The highest BCUT2D eigenvalue weighted by atomic mass is 16.6. The highest BCUT2D eigenvalue weighted by Crippen LogP contribution is 2.27. The molecule has 1 N–H and O–H groups in total. The Hall–Kier alpha value is -2.10. The first kappa shape index (κ1) is 20.9. The summed E-state index contributed by atoms with van der Waals surface area (Å²) in [6.07, 6.45) is 4.55. The van der Waals surface area contributed by atoms with Crippen LogP contribution < -0.4 is 0 Å². The molecule has 1 aromatic carbocycles. The van der Waals surface area contributed by atoms with Gasteiger partial charge in [-0.05, 0) is 45.1 Å². The summed E-state index contributed by atoms with van der Waals surface area (Å²) in [5.41, 5.74) is 0.375. The van der Waals surface area contributed by atoms with Crippen LogP contribution in [0.3, 0.4) is 0 Å². The van der Waals surface area contributed by atoms with E-state index in [0.29, 0.717) is 12.8 Å². The lowest BCUT2D eigenvalue weighted by Gasteiger charge is -2.27. The van der Waals surface area contributed by atoms with Gasteiger partial charge in [-0.15, -0.1) is 0 Å². The zero-order valence-corrected chi connectivity index (χ0v) is 15.9. The molecule has 0 aliphatic heterocycles. The third-order valence-corrected chi connectivity index (χ3v) is 3.74. The van der Waals surface area contributed by atoms with Crippen LogP contribution in [0, 0.1) is 17.8 Å². The number of ether oxygens (including phenoxy) is 1. The molecule has 25 heavy (non-hydrogen) atoms. The Morgan fingerprint density at radius 2 is 1.72 bits per heavy atom. The van der Waals surface area contributed by atoms with Crippen LogP contribution in [-0.2, 0) is 14.3 Å². The molecule has 138 valence electrons. The van der Waals surface area contributed by atoms with Crippen molar-refractivity contribution in [1.29, 1.82) is 0 Å². The Morgan fingerprint density at radius 3 is 2.20 bits per heavy atom. The fraction of sp³-hybridized carbons (Fsp3) is 0.524. The van der Waals surface area contributed by atoms with Crippen molar-refractivity contribution in [2.45, 2.75) is 53.1 Å². The predicted molar refractivity (Wildman–Crippen MR) is 100 cm³/mol. The number of carbonyl (C=O) groups excluding carboxylic acids is 1. The van der Waals surface area contributed by atoms with Crippen molar-refractivity contribution in [3.05, 3.63) is 42.0 Å². The molecular formula is C21H30O4. The summed E-state index contributed by atoms with van der Waals surface area (Å²) in [7, 11) is 0. The molecule has 0 saturated carbocycles. The molecule has 0 radical (unpaired) electrons. The normalized spacial score (nSPS) is 14.5. The van der Waals surface area contributed by atoms with Crippen molar-refractivity contribution >= 4 is 18.0 Å². The minimum Gasteiger partial charge on any atom is -0.481 e. The van der Waals surface area contributed by atoms with Crippen LogP contribution in [0.1, 0.15) is 53.0 Å². The molecule has 0 spiro atoms. The van der Waals surface area contributed by atoms with E-state index in [4.69, 9.17) is 4.74 Å². The van der Waals surface area contributed by atoms with Gasteiger partial charge in [0.25, 0.3) is 0 Å². The monoisotopic (exact) mass is 346 g/mol. The number of benzene rings is 1. The van der Waals surface area contributed by atoms with Crippen molar-refractivity contribution < 1.29 is 19.4 Å². The smallest absolute Gasteiger partial charge is 0.310 e. The van der Waals surface area contributed by atoms with Gasteiger partial charge in [-0.1, -0.05) is 56.3 Å². The predicted octanol–water partition coefficient (Wildman–Crippen LogP) is 4.79. The number of hydrogen-bond donors (Lipinski definition) is 1. The Morgan fingerprint density at radius 1 is 1.12 bits per heavy atom. The average molecular weight is 346 g/mol. The van der Waals surface area contributed by atoms with Crippen molar-refractivity contribution in [2.75, 3.05) is 0 Å². The number of hydrogen-bond acceptors (Lipinski definition) is 3. The minimum absolute atomic E-state index is 0.184. The number of carbonyl (C=O) groups is 2. The first-order valence-electron chi connectivity index (χ1n) is 8.77. The zero-order chi connectivity index (χ0) is 19.0. The van der Waals surface area contributed by atoms with E-state index in [0.717, 1.165) is 5.56 Å². The number of carboxylic acids is 1. The van der Waals surface area contributed by atoms with E-state index in [1.807, 2.05) is 56.3 Å². The maximum absolute atomic E-state index is 12.6. The summed E-state index contributed by atoms with van der Waals surface area (Å²) in [4.78, 5) is 24.4. The van der Waals surface area contributed by atoms with Crippen LogP contribution in [0.4, 0.5) is 0 Å². The van der Waals surface area contributed by atoms with Gasteiger partial charge in [0.2, 0.25) is 0 Å².